The standard InChI is InChI=1S/C20H28N4O2/c1-14(12-24-11-10-21-13-24)22-18(25)15(2)23-19(26)16-6-8-17(9-7-16)20(3,4)5/h6-11,13-15H,12H2,1-5H3,(H,22,25)(H,23,26). The molecule has 0 aliphatic rings. The van der Waals surface area contributed by atoms with Gasteiger partial charge in [0, 0.05) is 30.5 Å². The van der Waals surface area contributed by atoms with Gasteiger partial charge in [-0.25, -0.2) is 4.98 Å². The van der Waals surface area contributed by atoms with Crippen molar-refractivity contribution < 1.29 is 9.59 Å². The number of imidazole rings is 1. The molecule has 0 bridgehead atoms. The molecule has 0 saturated heterocycles. The fraction of sp³-hybridized carbons (Fsp3) is 0.450. The van der Waals surface area contributed by atoms with Crippen LogP contribution < -0.4 is 10.6 Å². The lowest BCUT2D eigenvalue weighted by Crippen LogP contribution is -2.48. The van der Waals surface area contributed by atoms with E-state index in [4.69, 9.17) is 0 Å². The molecule has 1 aromatic carbocycles. The van der Waals surface area contributed by atoms with Crippen LogP contribution in [0.3, 0.4) is 0 Å². The van der Waals surface area contributed by atoms with E-state index in [9.17, 15) is 9.59 Å². The first-order valence-electron chi connectivity index (χ1n) is 8.84. The van der Waals surface area contributed by atoms with Gasteiger partial charge in [-0.15, -0.1) is 0 Å². The molecule has 2 rings (SSSR count). The summed E-state index contributed by atoms with van der Waals surface area (Å²) in [5, 5.41) is 5.65. The molecule has 1 heterocycles. The minimum Gasteiger partial charge on any atom is -0.350 e. The minimum absolute atomic E-state index is 0.0353. The van der Waals surface area contributed by atoms with E-state index < -0.39 is 6.04 Å². The van der Waals surface area contributed by atoms with Crippen LogP contribution in [-0.2, 0) is 16.8 Å². The molecule has 0 saturated carbocycles. The highest BCUT2D eigenvalue weighted by molar-refractivity contribution is 5.97. The van der Waals surface area contributed by atoms with Crippen LogP contribution in [0.5, 0.6) is 0 Å². The van der Waals surface area contributed by atoms with E-state index in [1.807, 2.05) is 29.8 Å². The number of amides is 2. The SMILES string of the molecule is CC(Cn1ccnc1)NC(=O)C(C)NC(=O)c1ccc(C(C)(C)C)cc1. The third kappa shape index (κ3) is 5.44. The van der Waals surface area contributed by atoms with E-state index in [0.29, 0.717) is 12.1 Å². The molecule has 26 heavy (non-hydrogen) atoms. The number of hydrogen-bond donors (Lipinski definition) is 2. The van der Waals surface area contributed by atoms with E-state index in [-0.39, 0.29) is 23.3 Å². The molecule has 0 radical (unpaired) electrons. The summed E-state index contributed by atoms with van der Waals surface area (Å²) in [7, 11) is 0. The monoisotopic (exact) mass is 356 g/mol. The molecule has 2 unspecified atom stereocenters. The average Bonchev–Trinajstić information content (AvgIpc) is 3.06. The molecule has 0 fully saturated rings. The van der Waals surface area contributed by atoms with Gasteiger partial charge in [-0.2, -0.15) is 0 Å². The Morgan fingerprint density at radius 3 is 2.31 bits per heavy atom. The van der Waals surface area contributed by atoms with Crippen LogP contribution in [0.25, 0.3) is 0 Å². The van der Waals surface area contributed by atoms with Crippen molar-refractivity contribution in [2.45, 2.75) is 58.7 Å². The summed E-state index contributed by atoms with van der Waals surface area (Å²) >= 11 is 0. The second kappa shape index (κ2) is 8.17. The van der Waals surface area contributed by atoms with Crippen molar-refractivity contribution in [1.82, 2.24) is 20.2 Å². The fourth-order valence-corrected chi connectivity index (χ4v) is 2.59. The number of nitrogens with zero attached hydrogens (tertiary/aromatic N) is 2. The Morgan fingerprint density at radius 2 is 1.77 bits per heavy atom. The summed E-state index contributed by atoms with van der Waals surface area (Å²) in [4.78, 5) is 28.6. The fourth-order valence-electron chi connectivity index (χ4n) is 2.59. The Balaban J connectivity index is 1.88. The van der Waals surface area contributed by atoms with Crippen LogP contribution in [0, 0.1) is 0 Å². The van der Waals surface area contributed by atoms with E-state index in [2.05, 4.69) is 36.4 Å². The van der Waals surface area contributed by atoms with Gasteiger partial charge in [0.1, 0.15) is 6.04 Å². The number of carbonyl (C=O) groups excluding carboxylic acids is 2. The van der Waals surface area contributed by atoms with Crippen molar-refractivity contribution in [3.8, 4) is 0 Å². The number of benzene rings is 1. The summed E-state index contributed by atoms with van der Waals surface area (Å²) in [6.45, 7) is 10.6. The lowest BCUT2D eigenvalue weighted by atomic mass is 9.86. The Kier molecular flexibility index (Phi) is 6.18. The first-order chi connectivity index (χ1) is 12.2. The second-order valence-electron chi connectivity index (χ2n) is 7.69. The van der Waals surface area contributed by atoms with Crippen LogP contribution in [0.1, 0.15) is 50.5 Å². The largest absolute Gasteiger partial charge is 0.350 e. The van der Waals surface area contributed by atoms with E-state index in [1.165, 1.54) is 0 Å². The average molecular weight is 356 g/mol. The Morgan fingerprint density at radius 1 is 1.12 bits per heavy atom. The number of carbonyl (C=O) groups is 2. The van der Waals surface area contributed by atoms with E-state index in [0.717, 1.165) is 5.56 Å². The summed E-state index contributed by atoms with van der Waals surface area (Å²) in [5.41, 5.74) is 1.74. The molecule has 0 aliphatic carbocycles. The first kappa shape index (κ1) is 19.7. The summed E-state index contributed by atoms with van der Waals surface area (Å²) < 4.78 is 1.89. The van der Waals surface area contributed by atoms with Crippen molar-refractivity contribution in [1.29, 1.82) is 0 Å². The quantitative estimate of drug-likeness (QED) is 0.835. The highest BCUT2D eigenvalue weighted by Crippen LogP contribution is 2.22. The minimum atomic E-state index is -0.616. The zero-order valence-corrected chi connectivity index (χ0v) is 16.1. The predicted molar refractivity (Wildman–Crippen MR) is 102 cm³/mol. The van der Waals surface area contributed by atoms with Gasteiger partial charge in [-0.3, -0.25) is 9.59 Å². The zero-order chi connectivity index (χ0) is 19.3. The van der Waals surface area contributed by atoms with Crippen molar-refractivity contribution >= 4 is 11.8 Å². The lowest BCUT2D eigenvalue weighted by molar-refractivity contribution is -0.123. The van der Waals surface area contributed by atoms with Gasteiger partial charge in [-0.1, -0.05) is 32.9 Å². The Bertz CT molecular complexity index is 730. The van der Waals surface area contributed by atoms with Crippen LogP contribution in [-0.4, -0.2) is 33.4 Å². The van der Waals surface area contributed by atoms with Crippen LogP contribution >= 0.6 is 0 Å². The Hall–Kier alpha value is -2.63. The van der Waals surface area contributed by atoms with Gasteiger partial charge in [-0.05, 0) is 37.0 Å². The van der Waals surface area contributed by atoms with Crippen molar-refractivity contribution in [3.63, 3.8) is 0 Å². The molecule has 6 nitrogen and oxygen atoms in total. The van der Waals surface area contributed by atoms with Crippen LogP contribution in [0.15, 0.2) is 43.0 Å². The van der Waals surface area contributed by atoms with E-state index >= 15 is 0 Å². The van der Waals surface area contributed by atoms with Gasteiger partial charge in [0.05, 0.1) is 6.33 Å². The Labute approximate surface area is 155 Å². The van der Waals surface area contributed by atoms with Gasteiger partial charge in [0.25, 0.3) is 5.91 Å². The van der Waals surface area contributed by atoms with Gasteiger partial charge < -0.3 is 15.2 Å². The van der Waals surface area contributed by atoms with E-state index in [1.54, 1.807) is 31.6 Å². The molecular weight excluding hydrogens is 328 g/mol. The smallest absolute Gasteiger partial charge is 0.251 e. The van der Waals surface area contributed by atoms with Crippen molar-refractivity contribution in [2.24, 2.45) is 0 Å². The number of rotatable bonds is 6. The molecule has 2 amide bonds. The first-order valence-corrected chi connectivity index (χ1v) is 8.84. The maximum absolute atomic E-state index is 12.4. The molecule has 1 aromatic heterocycles. The highest BCUT2D eigenvalue weighted by atomic mass is 16.2. The molecule has 2 N–H and O–H groups in total. The second-order valence-corrected chi connectivity index (χ2v) is 7.69. The third-order valence-corrected chi connectivity index (χ3v) is 4.19. The molecular formula is C20H28N4O2. The summed E-state index contributed by atoms with van der Waals surface area (Å²) in [5.74, 6) is -0.465. The van der Waals surface area contributed by atoms with Gasteiger partial charge in [0.2, 0.25) is 5.91 Å². The number of aromatic nitrogens is 2. The van der Waals surface area contributed by atoms with Crippen LogP contribution in [0.4, 0.5) is 0 Å². The van der Waals surface area contributed by atoms with Gasteiger partial charge in [0.15, 0.2) is 0 Å². The highest BCUT2D eigenvalue weighted by Gasteiger charge is 2.19. The predicted octanol–water partition coefficient (Wildman–Crippen LogP) is 2.50. The maximum Gasteiger partial charge on any atom is 0.251 e. The number of nitrogens with one attached hydrogen (secondary N) is 2. The topological polar surface area (TPSA) is 76.0 Å². The van der Waals surface area contributed by atoms with Gasteiger partial charge >= 0.3 is 0 Å². The molecule has 2 atom stereocenters. The zero-order valence-electron chi connectivity index (χ0n) is 16.1. The molecule has 2 aromatic rings. The van der Waals surface area contributed by atoms with Crippen molar-refractivity contribution in [3.05, 3.63) is 54.1 Å². The lowest BCUT2D eigenvalue weighted by Gasteiger charge is -2.20. The molecule has 0 spiro atoms. The summed E-state index contributed by atoms with van der Waals surface area (Å²) in [6, 6.07) is 6.81. The molecule has 140 valence electrons. The molecule has 6 heteroatoms. The normalized spacial score (nSPS) is 13.7. The molecule has 0 aliphatic heterocycles. The third-order valence-electron chi connectivity index (χ3n) is 4.19. The summed E-state index contributed by atoms with van der Waals surface area (Å²) in [6.07, 6.45) is 5.24. The van der Waals surface area contributed by atoms with Crippen LogP contribution in [0.2, 0.25) is 0 Å². The number of hydrogen-bond acceptors (Lipinski definition) is 3. The maximum atomic E-state index is 12.4. The van der Waals surface area contributed by atoms with Crippen molar-refractivity contribution in [2.75, 3.05) is 0 Å².